The van der Waals surface area contributed by atoms with E-state index in [9.17, 15) is 0 Å². The highest BCUT2D eigenvalue weighted by Crippen LogP contribution is 2.22. The molecule has 1 rings (SSSR count). The van der Waals surface area contributed by atoms with Crippen molar-refractivity contribution in [3.63, 3.8) is 0 Å². The molecule has 0 saturated heterocycles. The third-order valence-electron chi connectivity index (χ3n) is 2.55. The van der Waals surface area contributed by atoms with E-state index in [0.717, 1.165) is 24.5 Å². The number of anilines is 1. The summed E-state index contributed by atoms with van der Waals surface area (Å²) in [6.45, 7) is 6.30. The zero-order valence-corrected chi connectivity index (χ0v) is 11.4. The zero-order chi connectivity index (χ0) is 12.0. The molecule has 0 atom stereocenters. The Morgan fingerprint density at radius 2 is 2.12 bits per heavy atom. The zero-order valence-electron chi connectivity index (χ0n) is 9.84. The quantitative estimate of drug-likeness (QED) is 0.717. The van der Waals surface area contributed by atoms with Gasteiger partial charge in [-0.1, -0.05) is 24.9 Å². The lowest BCUT2D eigenvalue weighted by molar-refractivity contribution is 0.724. The van der Waals surface area contributed by atoms with Crippen molar-refractivity contribution in [2.24, 2.45) is 0 Å². The Labute approximate surface area is 108 Å². The van der Waals surface area contributed by atoms with Gasteiger partial charge in [0.2, 0.25) is 0 Å². The van der Waals surface area contributed by atoms with Crippen LogP contribution in [0.25, 0.3) is 0 Å². The van der Waals surface area contributed by atoms with Gasteiger partial charge in [-0.25, -0.2) is 4.98 Å². The maximum atomic E-state index is 5.98. The van der Waals surface area contributed by atoms with Gasteiger partial charge in [0.25, 0.3) is 0 Å². The van der Waals surface area contributed by atoms with Gasteiger partial charge >= 0.3 is 0 Å². The summed E-state index contributed by atoms with van der Waals surface area (Å²) in [4.78, 5) is 6.59. The van der Waals surface area contributed by atoms with E-state index in [1.165, 1.54) is 12.8 Å². The van der Waals surface area contributed by atoms with Gasteiger partial charge in [-0.05, 0) is 25.0 Å². The molecule has 0 aliphatic rings. The Hall–Kier alpha value is -0.470. The second kappa shape index (κ2) is 6.97. The number of hydrogen-bond acceptors (Lipinski definition) is 2. The molecule has 0 saturated carbocycles. The van der Waals surface area contributed by atoms with Crippen molar-refractivity contribution < 1.29 is 0 Å². The van der Waals surface area contributed by atoms with Crippen molar-refractivity contribution in [2.75, 3.05) is 18.0 Å². The van der Waals surface area contributed by atoms with Gasteiger partial charge in [-0.3, -0.25) is 0 Å². The number of hydrogen-bond donors (Lipinski definition) is 0. The molecule has 0 aliphatic heterocycles. The molecule has 0 aromatic carbocycles. The van der Waals surface area contributed by atoms with E-state index in [4.69, 9.17) is 23.2 Å². The van der Waals surface area contributed by atoms with Gasteiger partial charge in [0, 0.05) is 25.2 Å². The molecule has 0 radical (unpaired) electrons. The van der Waals surface area contributed by atoms with Crippen LogP contribution in [0.4, 0.5) is 5.82 Å². The van der Waals surface area contributed by atoms with Gasteiger partial charge in [0.1, 0.15) is 5.82 Å². The first kappa shape index (κ1) is 13.6. The number of aromatic nitrogens is 1. The van der Waals surface area contributed by atoms with E-state index in [-0.39, 0.29) is 0 Å². The largest absolute Gasteiger partial charge is 0.357 e. The van der Waals surface area contributed by atoms with Crippen LogP contribution in [-0.2, 0) is 5.88 Å². The van der Waals surface area contributed by atoms with Crippen LogP contribution in [0, 0.1) is 0 Å². The van der Waals surface area contributed by atoms with E-state index >= 15 is 0 Å². The molecule has 0 N–H and O–H groups in total. The lowest BCUT2D eigenvalue weighted by atomic mass is 10.2. The average molecular weight is 261 g/mol. The lowest BCUT2D eigenvalue weighted by Gasteiger charge is -2.22. The van der Waals surface area contributed by atoms with Crippen molar-refractivity contribution in [1.29, 1.82) is 0 Å². The Balaban J connectivity index is 2.83. The van der Waals surface area contributed by atoms with E-state index in [0.29, 0.717) is 10.9 Å². The molecule has 16 heavy (non-hydrogen) atoms. The predicted octanol–water partition coefficient (Wildman–Crippen LogP) is 4.10. The Bertz CT molecular complexity index is 329. The Morgan fingerprint density at radius 1 is 1.38 bits per heavy atom. The Morgan fingerprint density at radius 3 is 2.69 bits per heavy atom. The van der Waals surface area contributed by atoms with Crippen molar-refractivity contribution in [2.45, 2.75) is 32.6 Å². The normalized spacial score (nSPS) is 10.5. The molecule has 90 valence electrons. The summed E-state index contributed by atoms with van der Waals surface area (Å²) in [7, 11) is 0. The van der Waals surface area contributed by atoms with Crippen LogP contribution in [0.3, 0.4) is 0 Å². The molecule has 0 spiro atoms. The van der Waals surface area contributed by atoms with Crippen LogP contribution in [0.2, 0.25) is 5.02 Å². The van der Waals surface area contributed by atoms with Crippen molar-refractivity contribution in [1.82, 2.24) is 4.98 Å². The van der Waals surface area contributed by atoms with Crippen LogP contribution in [0.15, 0.2) is 12.3 Å². The average Bonchev–Trinajstić information content (AvgIpc) is 2.32. The van der Waals surface area contributed by atoms with Gasteiger partial charge < -0.3 is 4.90 Å². The summed E-state index contributed by atoms with van der Waals surface area (Å²) in [6.07, 6.45) is 4.05. The minimum atomic E-state index is 0.430. The summed E-state index contributed by atoms with van der Waals surface area (Å²) < 4.78 is 0. The number of pyridine rings is 1. The van der Waals surface area contributed by atoms with Gasteiger partial charge in [0.15, 0.2) is 0 Å². The number of unbranched alkanes of at least 4 members (excludes halogenated alkanes) is 1. The SMILES string of the molecule is CCCCN(CC)c1cc(CCl)c(Cl)cn1. The van der Waals surface area contributed by atoms with Gasteiger partial charge in [-0.15, -0.1) is 11.6 Å². The predicted molar refractivity (Wildman–Crippen MR) is 71.6 cm³/mol. The summed E-state index contributed by atoms with van der Waals surface area (Å²) in [5.41, 5.74) is 0.947. The number of nitrogens with zero attached hydrogens (tertiary/aromatic N) is 2. The van der Waals surface area contributed by atoms with Crippen molar-refractivity contribution in [3.05, 3.63) is 22.8 Å². The molecule has 2 nitrogen and oxygen atoms in total. The molecular formula is C12H18Cl2N2. The second-order valence-electron chi connectivity index (χ2n) is 3.70. The summed E-state index contributed by atoms with van der Waals surface area (Å²) in [5, 5.41) is 0.644. The fourth-order valence-electron chi connectivity index (χ4n) is 1.53. The monoisotopic (exact) mass is 260 g/mol. The van der Waals surface area contributed by atoms with Crippen LogP contribution in [0.5, 0.6) is 0 Å². The summed E-state index contributed by atoms with van der Waals surface area (Å²) in [6, 6.07) is 1.98. The third kappa shape index (κ3) is 3.53. The van der Waals surface area contributed by atoms with Crippen LogP contribution in [-0.4, -0.2) is 18.1 Å². The van der Waals surface area contributed by atoms with E-state index < -0.39 is 0 Å². The molecule has 1 aromatic rings. The fourth-order valence-corrected chi connectivity index (χ4v) is 1.99. The highest BCUT2D eigenvalue weighted by molar-refractivity contribution is 6.32. The summed E-state index contributed by atoms with van der Waals surface area (Å²) in [5.74, 6) is 1.40. The van der Waals surface area contributed by atoms with E-state index in [1.54, 1.807) is 6.20 Å². The second-order valence-corrected chi connectivity index (χ2v) is 4.38. The molecule has 0 unspecified atom stereocenters. The minimum Gasteiger partial charge on any atom is -0.357 e. The fraction of sp³-hybridized carbons (Fsp3) is 0.583. The molecule has 0 bridgehead atoms. The first-order valence-corrected chi connectivity index (χ1v) is 6.59. The van der Waals surface area contributed by atoms with Crippen LogP contribution >= 0.6 is 23.2 Å². The third-order valence-corrected chi connectivity index (χ3v) is 3.18. The van der Waals surface area contributed by atoms with E-state index in [2.05, 4.69) is 23.7 Å². The number of halogens is 2. The maximum Gasteiger partial charge on any atom is 0.128 e. The van der Waals surface area contributed by atoms with Crippen molar-refractivity contribution in [3.8, 4) is 0 Å². The van der Waals surface area contributed by atoms with Crippen LogP contribution in [0.1, 0.15) is 32.3 Å². The molecule has 4 heteroatoms. The molecule has 0 aliphatic carbocycles. The molecular weight excluding hydrogens is 243 g/mol. The topological polar surface area (TPSA) is 16.1 Å². The first-order valence-electron chi connectivity index (χ1n) is 5.68. The van der Waals surface area contributed by atoms with E-state index in [1.807, 2.05) is 6.07 Å². The van der Waals surface area contributed by atoms with Crippen molar-refractivity contribution >= 4 is 29.0 Å². The highest BCUT2D eigenvalue weighted by Gasteiger charge is 2.08. The first-order chi connectivity index (χ1) is 7.72. The number of rotatable bonds is 6. The summed E-state index contributed by atoms with van der Waals surface area (Å²) >= 11 is 11.8. The molecule has 1 heterocycles. The molecule has 1 aromatic heterocycles. The smallest absolute Gasteiger partial charge is 0.128 e. The van der Waals surface area contributed by atoms with Gasteiger partial charge in [0.05, 0.1) is 5.02 Å². The lowest BCUT2D eigenvalue weighted by Crippen LogP contribution is -2.24. The Kier molecular flexibility index (Phi) is 5.93. The number of alkyl halides is 1. The molecule has 0 fully saturated rings. The maximum absolute atomic E-state index is 5.98. The minimum absolute atomic E-state index is 0.430. The molecule has 0 amide bonds. The highest BCUT2D eigenvalue weighted by atomic mass is 35.5. The van der Waals surface area contributed by atoms with Crippen LogP contribution < -0.4 is 4.90 Å². The standard InChI is InChI=1S/C12H18Cl2N2/c1-3-5-6-16(4-2)12-7-10(8-13)11(14)9-15-12/h7,9H,3-6,8H2,1-2H3. The van der Waals surface area contributed by atoms with Gasteiger partial charge in [-0.2, -0.15) is 0 Å².